The monoisotopic (exact) mass is 332 g/mol. The Bertz CT molecular complexity index is 667. The number of thiazole rings is 1. The zero-order valence-electron chi connectivity index (χ0n) is 14.4. The number of nitrogens with zero attached hydrogens (tertiary/aromatic N) is 2. The minimum atomic E-state index is -0.526. The largest absolute Gasteiger partial charge is 0.481 e. The molecule has 1 amide bonds. The average molecular weight is 332 g/mol. The van der Waals surface area contributed by atoms with Crippen LogP contribution >= 0.6 is 11.3 Å². The summed E-state index contributed by atoms with van der Waals surface area (Å²) in [5, 5.41) is 2.99. The lowest BCUT2D eigenvalue weighted by atomic mass is 10.0. The molecule has 0 aliphatic carbocycles. The van der Waals surface area contributed by atoms with Gasteiger partial charge in [0.2, 0.25) is 0 Å². The molecule has 0 bridgehead atoms. The number of likely N-dealkylation sites (N-methyl/N-ethyl adjacent to an activating group) is 1. The Labute approximate surface area is 142 Å². The van der Waals surface area contributed by atoms with Gasteiger partial charge < -0.3 is 9.64 Å². The Morgan fingerprint density at radius 2 is 2.09 bits per heavy atom. The van der Waals surface area contributed by atoms with Crippen LogP contribution in [0.5, 0.6) is 5.75 Å². The Hall–Kier alpha value is -1.88. The van der Waals surface area contributed by atoms with E-state index in [4.69, 9.17) is 4.74 Å². The smallest absolute Gasteiger partial charge is 0.263 e. The molecular formula is C18H24N2O2S. The topological polar surface area (TPSA) is 42.4 Å². The fraction of sp³-hybridized carbons (Fsp3) is 0.444. The number of aromatic nitrogens is 1. The third-order valence-corrected chi connectivity index (χ3v) is 4.45. The van der Waals surface area contributed by atoms with Crippen LogP contribution in [0.25, 0.3) is 0 Å². The highest BCUT2D eigenvalue weighted by molar-refractivity contribution is 7.09. The maximum atomic E-state index is 12.5. The Morgan fingerprint density at radius 3 is 2.70 bits per heavy atom. The first-order chi connectivity index (χ1) is 10.9. The van der Waals surface area contributed by atoms with Gasteiger partial charge in [-0.05, 0) is 37.5 Å². The third kappa shape index (κ3) is 4.79. The van der Waals surface area contributed by atoms with Gasteiger partial charge in [-0.2, -0.15) is 0 Å². The first-order valence-corrected chi connectivity index (χ1v) is 8.67. The molecule has 5 heteroatoms. The molecule has 1 unspecified atom stereocenters. The Balaban J connectivity index is 1.97. The zero-order valence-corrected chi connectivity index (χ0v) is 15.2. The van der Waals surface area contributed by atoms with Crippen molar-refractivity contribution in [1.82, 2.24) is 9.88 Å². The van der Waals surface area contributed by atoms with E-state index in [-0.39, 0.29) is 5.91 Å². The number of ether oxygens (including phenoxy) is 1. The molecule has 1 aromatic carbocycles. The first kappa shape index (κ1) is 17.5. The molecular weight excluding hydrogens is 308 g/mol. The highest BCUT2D eigenvalue weighted by atomic mass is 32.1. The molecule has 23 heavy (non-hydrogen) atoms. The van der Waals surface area contributed by atoms with Gasteiger partial charge in [0.15, 0.2) is 6.10 Å². The van der Waals surface area contributed by atoms with E-state index >= 15 is 0 Å². The van der Waals surface area contributed by atoms with Crippen LogP contribution in [0.4, 0.5) is 0 Å². The highest BCUT2D eigenvalue weighted by Gasteiger charge is 2.20. The van der Waals surface area contributed by atoms with Gasteiger partial charge in [-0.25, -0.2) is 4.98 Å². The van der Waals surface area contributed by atoms with E-state index in [1.54, 1.807) is 30.2 Å². The van der Waals surface area contributed by atoms with Crippen molar-refractivity contribution in [2.75, 3.05) is 7.05 Å². The molecule has 1 heterocycles. The van der Waals surface area contributed by atoms with Crippen molar-refractivity contribution in [3.63, 3.8) is 0 Å². The molecule has 0 aliphatic rings. The summed E-state index contributed by atoms with van der Waals surface area (Å²) in [5.41, 5.74) is 2.12. The number of benzene rings is 1. The second-order valence-electron chi connectivity index (χ2n) is 6.04. The van der Waals surface area contributed by atoms with E-state index in [2.05, 4.69) is 24.9 Å². The quantitative estimate of drug-likeness (QED) is 0.803. The number of hydrogen-bond acceptors (Lipinski definition) is 4. The lowest BCUT2D eigenvalue weighted by molar-refractivity contribution is -0.137. The molecule has 0 spiro atoms. The zero-order chi connectivity index (χ0) is 17.0. The van der Waals surface area contributed by atoms with E-state index in [1.807, 2.05) is 30.5 Å². The van der Waals surface area contributed by atoms with Crippen LogP contribution in [0.2, 0.25) is 0 Å². The van der Waals surface area contributed by atoms with Gasteiger partial charge in [0.25, 0.3) is 5.91 Å². The summed E-state index contributed by atoms with van der Waals surface area (Å²) in [6, 6.07) is 7.92. The number of aryl methyl sites for hydroxylation is 1. The maximum Gasteiger partial charge on any atom is 0.263 e. The minimum Gasteiger partial charge on any atom is -0.481 e. The summed E-state index contributed by atoms with van der Waals surface area (Å²) in [7, 11) is 1.78. The van der Waals surface area contributed by atoms with Crippen LogP contribution in [0.15, 0.2) is 29.6 Å². The van der Waals surface area contributed by atoms with Crippen molar-refractivity contribution >= 4 is 17.2 Å². The molecule has 0 aliphatic heterocycles. The van der Waals surface area contributed by atoms with Gasteiger partial charge in [0.1, 0.15) is 5.75 Å². The predicted octanol–water partition coefficient (Wildman–Crippen LogP) is 4.00. The van der Waals surface area contributed by atoms with Crippen LogP contribution in [-0.4, -0.2) is 28.9 Å². The third-order valence-electron chi connectivity index (χ3n) is 3.63. The number of carbonyl (C=O) groups excluding carboxylic acids is 1. The Kier molecular flexibility index (Phi) is 5.77. The summed E-state index contributed by atoms with van der Waals surface area (Å²) >= 11 is 1.59. The molecule has 0 radical (unpaired) electrons. The van der Waals surface area contributed by atoms with Gasteiger partial charge in [0, 0.05) is 12.4 Å². The van der Waals surface area contributed by atoms with E-state index in [0.717, 1.165) is 16.5 Å². The van der Waals surface area contributed by atoms with E-state index < -0.39 is 6.10 Å². The number of rotatable bonds is 6. The predicted molar refractivity (Wildman–Crippen MR) is 93.9 cm³/mol. The molecule has 1 aromatic heterocycles. The maximum absolute atomic E-state index is 12.5. The minimum absolute atomic E-state index is 0.0504. The van der Waals surface area contributed by atoms with Crippen LogP contribution in [0.3, 0.4) is 0 Å². The van der Waals surface area contributed by atoms with E-state index in [0.29, 0.717) is 12.5 Å². The standard InChI is InChI=1S/C18H24N2O2S/c1-12(2)15-7-6-8-17(9-15)22-13(3)18(21)20(5)10-16-11-23-14(4)19-16/h6-9,11-13H,10H2,1-5H3. The number of carbonyl (C=O) groups is 1. The van der Waals surface area contributed by atoms with E-state index in [9.17, 15) is 4.79 Å². The second-order valence-corrected chi connectivity index (χ2v) is 7.10. The SMILES string of the molecule is Cc1nc(CN(C)C(=O)C(C)Oc2cccc(C(C)C)c2)cs1. The second kappa shape index (κ2) is 7.59. The molecule has 2 rings (SSSR count). The van der Waals surface area contributed by atoms with E-state index in [1.165, 1.54) is 5.56 Å². The van der Waals surface area contributed by atoms with Crippen molar-refractivity contribution in [1.29, 1.82) is 0 Å². The number of amides is 1. The van der Waals surface area contributed by atoms with Crippen LogP contribution in [0.1, 0.15) is 43.0 Å². The van der Waals surface area contributed by atoms with Gasteiger partial charge in [-0.3, -0.25) is 4.79 Å². The molecule has 0 saturated heterocycles. The van der Waals surface area contributed by atoms with Gasteiger partial charge in [-0.1, -0.05) is 26.0 Å². The van der Waals surface area contributed by atoms with Crippen molar-refractivity contribution in [3.8, 4) is 5.75 Å². The van der Waals surface area contributed by atoms with Gasteiger partial charge in [-0.15, -0.1) is 11.3 Å². The van der Waals surface area contributed by atoms with Crippen LogP contribution in [0, 0.1) is 6.92 Å². The summed E-state index contributed by atoms with van der Waals surface area (Å²) in [6.07, 6.45) is -0.526. The van der Waals surface area contributed by atoms with Crippen molar-refractivity contribution in [2.45, 2.75) is 46.3 Å². The highest BCUT2D eigenvalue weighted by Crippen LogP contribution is 2.21. The fourth-order valence-electron chi connectivity index (χ4n) is 2.31. The molecule has 1 atom stereocenters. The van der Waals surface area contributed by atoms with Gasteiger partial charge >= 0.3 is 0 Å². The molecule has 0 saturated carbocycles. The summed E-state index contributed by atoms with van der Waals surface area (Å²) in [6.45, 7) is 8.52. The van der Waals surface area contributed by atoms with Crippen LogP contribution < -0.4 is 4.74 Å². The summed E-state index contributed by atoms with van der Waals surface area (Å²) in [4.78, 5) is 18.5. The summed E-state index contributed by atoms with van der Waals surface area (Å²) in [5.74, 6) is 1.11. The molecule has 0 fully saturated rings. The van der Waals surface area contributed by atoms with Crippen molar-refractivity contribution in [2.24, 2.45) is 0 Å². The number of hydrogen-bond donors (Lipinski definition) is 0. The summed E-state index contributed by atoms with van der Waals surface area (Å²) < 4.78 is 5.82. The molecule has 4 nitrogen and oxygen atoms in total. The fourth-order valence-corrected chi connectivity index (χ4v) is 2.92. The van der Waals surface area contributed by atoms with Crippen molar-refractivity contribution < 1.29 is 9.53 Å². The average Bonchev–Trinajstić information content (AvgIpc) is 2.91. The van der Waals surface area contributed by atoms with Crippen molar-refractivity contribution in [3.05, 3.63) is 45.9 Å². The first-order valence-electron chi connectivity index (χ1n) is 7.79. The molecule has 124 valence electrons. The molecule has 0 N–H and O–H groups in total. The van der Waals surface area contributed by atoms with Gasteiger partial charge in [0.05, 0.1) is 17.2 Å². The molecule has 2 aromatic rings. The van der Waals surface area contributed by atoms with Crippen LogP contribution in [-0.2, 0) is 11.3 Å². The normalized spacial score (nSPS) is 12.3. The lowest BCUT2D eigenvalue weighted by Crippen LogP contribution is -2.37. The lowest BCUT2D eigenvalue weighted by Gasteiger charge is -2.22. The Morgan fingerprint density at radius 1 is 1.35 bits per heavy atom.